The largest absolute Gasteiger partial charge is 0.450 e. The SMILES string of the molecule is CN(C)CCC1(c2ccccc2)Cc2c(F)cccc2C(=O)O1.Cl. The van der Waals surface area contributed by atoms with Gasteiger partial charge in [-0.3, -0.25) is 0 Å². The number of ether oxygens (including phenoxy) is 1. The molecule has 2 aromatic carbocycles. The van der Waals surface area contributed by atoms with Gasteiger partial charge >= 0.3 is 5.97 Å². The summed E-state index contributed by atoms with van der Waals surface area (Å²) in [6.07, 6.45) is 0.974. The smallest absolute Gasteiger partial charge is 0.339 e. The fraction of sp³-hybridized carbons (Fsp3) is 0.316. The highest BCUT2D eigenvalue weighted by Crippen LogP contribution is 2.40. The van der Waals surface area contributed by atoms with E-state index in [2.05, 4.69) is 0 Å². The number of benzene rings is 2. The highest BCUT2D eigenvalue weighted by Gasteiger charge is 2.42. The van der Waals surface area contributed by atoms with Crippen molar-refractivity contribution in [3.8, 4) is 0 Å². The van der Waals surface area contributed by atoms with Crippen LogP contribution in [0.15, 0.2) is 48.5 Å². The van der Waals surface area contributed by atoms with Gasteiger partial charge in [0.1, 0.15) is 11.4 Å². The summed E-state index contributed by atoms with van der Waals surface area (Å²) >= 11 is 0. The maximum absolute atomic E-state index is 14.3. The Morgan fingerprint density at radius 3 is 2.50 bits per heavy atom. The first-order chi connectivity index (χ1) is 11.0. The van der Waals surface area contributed by atoms with E-state index in [1.54, 1.807) is 12.1 Å². The minimum Gasteiger partial charge on any atom is -0.450 e. The Kier molecular flexibility index (Phi) is 5.62. The molecule has 0 amide bonds. The molecule has 24 heavy (non-hydrogen) atoms. The van der Waals surface area contributed by atoms with E-state index in [0.29, 0.717) is 24.0 Å². The third-order valence-electron chi connectivity index (χ3n) is 4.35. The molecule has 2 aromatic rings. The lowest BCUT2D eigenvalue weighted by Crippen LogP contribution is -2.41. The second kappa shape index (κ2) is 7.32. The van der Waals surface area contributed by atoms with E-state index in [0.717, 1.165) is 12.1 Å². The molecule has 0 radical (unpaired) electrons. The Labute approximate surface area is 147 Å². The molecule has 0 saturated carbocycles. The van der Waals surface area contributed by atoms with Gasteiger partial charge in [0.15, 0.2) is 0 Å². The Morgan fingerprint density at radius 2 is 1.83 bits per heavy atom. The van der Waals surface area contributed by atoms with Crippen molar-refractivity contribution >= 4 is 18.4 Å². The molecule has 0 saturated heterocycles. The number of carbonyl (C=O) groups is 1. The Balaban J connectivity index is 0.00000208. The summed E-state index contributed by atoms with van der Waals surface area (Å²) < 4.78 is 20.1. The van der Waals surface area contributed by atoms with Crippen LogP contribution >= 0.6 is 12.4 Å². The van der Waals surface area contributed by atoms with Crippen LogP contribution in [-0.4, -0.2) is 31.5 Å². The first-order valence-corrected chi connectivity index (χ1v) is 7.73. The zero-order valence-electron chi connectivity index (χ0n) is 13.8. The zero-order chi connectivity index (χ0) is 16.4. The first-order valence-electron chi connectivity index (χ1n) is 7.73. The van der Waals surface area contributed by atoms with E-state index >= 15 is 0 Å². The summed E-state index contributed by atoms with van der Waals surface area (Å²) in [4.78, 5) is 14.5. The average molecular weight is 350 g/mol. The van der Waals surface area contributed by atoms with Crippen LogP contribution in [0.5, 0.6) is 0 Å². The minimum atomic E-state index is -0.822. The second-order valence-corrected chi connectivity index (χ2v) is 6.25. The standard InChI is InChI=1S/C19H20FNO2.ClH/c1-21(2)12-11-19(14-7-4-3-5-8-14)13-16-15(18(22)23-19)9-6-10-17(16)20;/h3-10H,11-13H2,1-2H3;1H. The maximum Gasteiger partial charge on any atom is 0.339 e. The zero-order valence-corrected chi connectivity index (χ0v) is 14.6. The summed E-state index contributed by atoms with van der Waals surface area (Å²) in [6.45, 7) is 0.742. The van der Waals surface area contributed by atoms with Crippen LogP contribution < -0.4 is 0 Å². The topological polar surface area (TPSA) is 29.5 Å². The lowest BCUT2D eigenvalue weighted by Gasteiger charge is -2.39. The van der Waals surface area contributed by atoms with Crippen LogP contribution in [0.4, 0.5) is 4.39 Å². The quantitative estimate of drug-likeness (QED) is 0.786. The van der Waals surface area contributed by atoms with Gasteiger partial charge in [-0.05, 0) is 31.8 Å². The van der Waals surface area contributed by atoms with E-state index in [9.17, 15) is 9.18 Å². The number of nitrogens with zero attached hydrogens (tertiary/aromatic N) is 1. The van der Waals surface area contributed by atoms with Crippen molar-refractivity contribution in [3.05, 3.63) is 71.0 Å². The summed E-state index contributed by atoms with van der Waals surface area (Å²) in [5.41, 5.74) is 0.870. The molecule has 1 heterocycles. The predicted molar refractivity (Wildman–Crippen MR) is 94.1 cm³/mol. The van der Waals surface area contributed by atoms with E-state index in [-0.39, 0.29) is 18.2 Å². The molecule has 5 heteroatoms. The van der Waals surface area contributed by atoms with Crippen LogP contribution in [-0.2, 0) is 16.8 Å². The third kappa shape index (κ3) is 3.45. The lowest BCUT2D eigenvalue weighted by atomic mass is 9.80. The van der Waals surface area contributed by atoms with Crippen molar-refractivity contribution < 1.29 is 13.9 Å². The van der Waals surface area contributed by atoms with Crippen molar-refractivity contribution in [3.63, 3.8) is 0 Å². The summed E-state index contributed by atoms with van der Waals surface area (Å²) in [5, 5.41) is 0. The van der Waals surface area contributed by atoms with Crippen molar-refractivity contribution in [2.45, 2.75) is 18.4 Å². The molecule has 3 nitrogen and oxygen atoms in total. The normalized spacial score (nSPS) is 19.4. The molecular weight excluding hydrogens is 329 g/mol. The van der Waals surface area contributed by atoms with Crippen LogP contribution in [0.25, 0.3) is 0 Å². The Hall–Kier alpha value is -1.91. The molecular formula is C19H21ClFNO2. The maximum atomic E-state index is 14.3. The molecule has 0 fully saturated rings. The molecule has 0 spiro atoms. The monoisotopic (exact) mass is 349 g/mol. The molecule has 0 N–H and O–H groups in total. The molecule has 3 rings (SSSR count). The van der Waals surface area contributed by atoms with Gasteiger partial charge in [0, 0.05) is 24.9 Å². The number of hydrogen-bond acceptors (Lipinski definition) is 3. The van der Waals surface area contributed by atoms with Gasteiger partial charge in [0.2, 0.25) is 0 Å². The minimum absolute atomic E-state index is 0. The van der Waals surface area contributed by atoms with Gasteiger partial charge in [0.05, 0.1) is 5.56 Å². The first kappa shape index (κ1) is 18.4. The van der Waals surface area contributed by atoms with Crippen LogP contribution in [0.2, 0.25) is 0 Å². The Morgan fingerprint density at radius 1 is 1.12 bits per heavy atom. The van der Waals surface area contributed by atoms with Gasteiger partial charge in [0.25, 0.3) is 0 Å². The summed E-state index contributed by atoms with van der Waals surface area (Å²) in [5.74, 6) is -0.794. The van der Waals surface area contributed by atoms with Gasteiger partial charge < -0.3 is 9.64 Å². The third-order valence-corrected chi connectivity index (χ3v) is 4.35. The van der Waals surface area contributed by atoms with Crippen molar-refractivity contribution in [2.75, 3.05) is 20.6 Å². The number of halogens is 2. The number of rotatable bonds is 4. The molecule has 128 valence electrons. The van der Waals surface area contributed by atoms with Crippen molar-refractivity contribution in [1.29, 1.82) is 0 Å². The predicted octanol–water partition coefficient (Wildman–Crippen LogP) is 3.81. The molecule has 1 atom stereocenters. The number of hydrogen-bond donors (Lipinski definition) is 0. The fourth-order valence-electron chi connectivity index (χ4n) is 3.07. The molecule has 0 aromatic heterocycles. The summed E-state index contributed by atoms with van der Waals surface area (Å²) in [7, 11) is 3.94. The number of carbonyl (C=O) groups excluding carboxylic acids is 1. The number of fused-ring (bicyclic) bond motifs is 1. The fourth-order valence-corrected chi connectivity index (χ4v) is 3.07. The van der Waals surface area contributed by atoms with Crippen molar-refractivity contribution in [1.82, 2.24) is 4.90 Å². The summed E-state index contributed by atoms with van der Waals surface area (Å²) in [6, 6.07) is 14.2. The van der Waals surface area contributed by atoms with E-state index < -0.39 is 11.6 Å². The highest BCUT2D eigenvalue weighted by atomic mass is 35.5. The number of cyclic esters (lactones) is 1. The molecule has 1 aliphatic heterocycles. The average Bonchev–Trinajstić information content (AvgIpc) is 2.55. The van der Waals surface area contributed by atoms with Gasteiger partial charge in [-0.1, -0.05) is 36.4 Å². The van der Waals surface area contributed by atoms with Gasteiger partial charge in [-0.2, -0.15) is 0 Å². The van der Waals surface area contributed by atoms with E-state index in [1.165, 1.54) is 6.07 Å². The van der Waals surface area contributed by atoms with E-state index in [1.807, 2.05) is 49.3 Å². The molecule has 1 unspecified atom stereocenters. The van der Waals surface area contributed by atoms with Crippen LogP contribution in [0.1, 0.15) is 27.9 Å². The van der Waals surface area contributed by atoms with Gasteiger partial charge in [-0.15, -0.1) is 12.4 Å². The molecule has 1 aliphatic rings. The van der Waals surface area contributed by atoms with E-state index in [4.69, 9.17) is 4.74 Å². The lowest BCUT2D eigenvalue weighted by molar-refractivity contribution is -0.0361. The van der Waals surface area contributed by atoms with Crippen molar-refractivity contribution in [2.24, 2.45) is 0 Å². The Bertz CT molecular complexity index is 721. The molecule has 0 aliphatic carbocycles. The molecule has 0 bridgehead atoms. The van der Waals surface area contributed by atoms with Crippen LogP contribution in [0.3, 0.4) is 0 Å². The highest BCUT2D eigenvalue weighted by molar-refractivity contribution is 5.92. The van der Waals surface area contributed by atoms with Gasteiger partial charge in [-0.25, -0.2) is 9.18 Å². The second-order valence-electron chi connectivity index (χ2n) is 6.25. The number of esters is 1. The van der Waals surface area contributed by atoms with Crippen LogP contribution in [0, 0.1) is 5.82 Å².